The Morgan fingerprint density at radius 2 is 1.77 bits per heavy atom. The van der Waals surface area contributed by atoms with E-state index < -0.39 is 11.7 Å². The number of halogens is 4. The van der Waals surface area contributed by atoms with Gasteiger partial charge < -0.3 is 5.32 Å². The van der Waals surface area contributed by atoms with Gasteiger partial charge in [-0.25, -0.2) is 0 Å². The zero-order valence-electron chi connectivity index (χ0n) is 11.3. The first-order chi connectivity index (χ1) is 10.4. The predicted molar refractivity (Wildman–Crippen MR) is 80.6 cm³/mol. The molecule has 3 rings (SSSR count). The average Bonchev–Trinajstić information content (AvgIpc) is 2.46. The monoisotopic (exact) mass is 369 g/mol. The Labute approximate surface area is 133 Å². The summed E-state index contributed by atoms with van der Waals surface area (Å²) < 4.78 is 38.5. The second-order valence-electron chi connectivity index (χ2n) is 5.07. The third-order valence-corrected chi connectivity index (χ3v) is 4.29. The molecule has 0 atom stereocenters. The van der Waals surface area contributed by atoms with Gasteiger partial charge in [-0.05, 0) is 41.3 Å². The van der Waals surface area contributed by atoms with Crippen molar-refractivity contribution in [3.05, 3.63) is 57.6 Å². The Hall–Kier alpha value is -1.82. The van der Waals surface area contributed by atoms with Crippen LogP contribution >= 0.6 is 15.9 Å². The summed E-state index contributed by atoms with van der Waals surface area (Å²) in [5.74, 6) is -0.112. The Balaban J connectivity index is 2.03. The molecule has 0 radical (unpaired) electrons. The van der Waals surface area contributed by atoms with E-state index in [9.17, 15) is 18.0 Å². The number of benzene rings is 2. The van der Waals surface area contributed by atoms with Gasteiger partial charge in [-0.3, -0.25) is 4.79 Å². The molecular formula is C16H11BrF3NO. The molecule has 22 heavy (non-hydrogen) atoms. The summed E-state index contributed by atoms with van der Waals surface area (Å²) in [6.07, 6.45) is -3.65. The topological polar surface area (TPSA) is 29.1 Å². The minimum absolute atomic E-state index is 0.112. The van der Waals surface area contributed by atoms with Gasteiger partial charge in [-0.2, -0.15) is 13.2 Å². The van der Waals surface area contributed by atoms with E-state index in [1.165, 1.54) is 6.07 Å². The van der Waals surface area contributed by atoms with Crippen molar-refractivity contribution >= 4 is 21.8 Å². The van der Waals surface area contributed by atoms with Gasteiger partial charge in [0.1, 0.15) is 0 Å². The standard InChI is InChI=1S/C16H11BrF3NO/c17-14-8-11(16(18,19)20)2-4-12(14)9-1-3-13-10(7-9)5-6-21-15(13)22/h1-4,7-8H,5-6H2,(H,21,22). The molecule has 1 N–H and O–H groups in total. The van der Waals surface area contributed by atoms with Crippen LogP contribution in [0.3, 0.4) is 0 Å². The Morgan fingerprint density at radius 1 is 1.05 bits per heavy atom. The summed E-state index contributed by atoms with van der Waals surface area (Å²) in [7, 11) is 0. The van der Waals surface area contributed by atoms with E-state index in [0.717, 1.165) is 23.3 Å². The summed E-state index contributed by atoms with van der Waals surface area (Å²) in [6, 6.07) is 8.90. The van der Waals surface area contributed by atoms with Gasteiger partial charge in [-0.15, -0.1) is 0 Å². The normalized spacial score (nSPS) is 14.5. The van der Waals surface area contributed by atoms with Gasteiger partial charge in [0.25, 0.3) is 5.91 Å². The van der Waals surface area contributed by atoms with Crippen LogP contribution in [0.15, 0.2) is 40.9 Å². The summed E-state index contributed by atoms with van der Waals surface area (Å²) in [5.41, 5.74) is 2.29. The van der Waals surface area contributed by atoms with Crippen molar-refractivity contribution in [2.24, 2.45) is 0 Å². The first kappa shape index (κ1) is 15.1. The SMILES string of the molecule is O=C1NCCc2cc(-c3ccc(C(F)(F)F)cc3Br)ccc21. The zero-order chi connectivity index (χ0) is 15.9. The third-order valence-electron chi connectivity index (χ3n) is 3.64. The number of nitrogens with one attached hydrogen (secondary N) is 1. The predicted octanol–water partition coefficient (Wildman–Crippen LogP) is 4.42. The van der Waals surface area contributed by atoms with Crippen LogP contribution in [0.4, 0.5) is 13.2 Å². The molecule has 1 heterocycles. The summed E-state index contributed by atoms with van der Waals surface area (Å²) in [5, 5.41) is 2.76. The largest absolute Gasteiger partial charge is 0.416 e. The molecule has 0 bridgehead atoms. The van der Waals surface area contributed by atoms with Gasteiger partial charge in [-0.1, -0.05) is 34.1 Å². The van der Waals surface area contributed by atoms with Gasteiger partial charge in [0.2, 0.25) is 0 Å². The van der Waals surface area contributed by atoms with Crippen LogP contribution in [0.1, 0.15) is 21.5 Å². The molecule has 6 heteroatoms. The molecule has 0 fully saturated rings. The molecule has 0 saturated heterocycles. The number of amides is 1. The molecule has 0 spiro atoms. The Morgan fingerprint density at radius 3 is 2.45 bits per heavy atom. The quantitative estimate of drug-likeness (QED) is 0.791. The lowest BCUT2D eigenvalue weighted by molar-refractivity contribution is -0.137. The second-order valence-corrected chi connectivity index (χ2v) is 5.92. The molecule has 0 aromatic heterocycles. The first-order valence-electron chi connectivity index (χ1n) is 6.64. The van der Waals surface area contributed by atoms with Crippen LogP contribution in [0.25, 0.3) is 11.1 Å². The van der Waals surface area contributed by atoms with Crippen LogP contribution in [0.5, 0.6) is 0 Å². The maximum absolute atomic E-state index is 12.7. The third kappa shape index (κ3) is 2.75. The fourth-order valence-corrected chi connectivity index (χ4v) is 3.13. The molecule has 1 aliphatic rings. The van der Waals surface area contributed by atoms with Crippen LogP contribution in [0, 0.1) is 0 Å². The minimum atomic E-state index is -4.37. The number of carbonyl (C=O) groups is 1. The zero-order valence-corrected chi connectivity index (χ0v) is 12.9. The molecule has 2 aromatic carbocycles. The van der Waals surface area contributed by atoms with E-state index in [-0.39, 0.29) is 5.91 Å². The lowest BCUT2D eigenvalue weighted by Crippen LogP contribution is -2.31. The van der Waals surface area contributed by atoms with E-state index in [2.05, 4.69) is 21.2 Å². The van der Waals surface area contributed by atoms with E-state index in [1.54, 1.807) is 12.1 Å². The second kappa shape index (κ2) is 5.43. The van der Waals surface area contributed by atoms with Crippen molar-refractivity contribution in [1.82, 2.24) is 5.32 Å². The van der Waals surface area contributed by atoms with E-state index in [0.29, 0.717) is 28.6 Å². The van der Waals surface area contributed by atoms with Gasteiger partial charge in [0.05, 0.1) is 5.56 Å². The fraction of sp³-hybridized carbons (Fsp3) is 0.188. The molecule has 2 nitrogen and oxygen atoms in total. The Kier molecular flexibility index (Phi) is 3.72. The highest BCUT2D eigenvalue weighted by atomic mass is 79.9. The number of alkyl halides is 3. The minimum Gasteiger partial charge on any atom is -0.352 e. The molecule has 114 valence electrons. The van der Waals surface area contributed by atoms with Crippen molar-refractivity contribution in [3.63, 3.8) is 0 Å². The highest BCUT2D eigenvalue weighted by molar-refractivity contribution is 9.10. The van der Waals surface area contributed by atoms with Crippen LogP contribution in [-0.4, -0.2) is 12.5 Å². The number of rotatable bonds is 1. The van der Waals surface area contributed by atoms with Crippen molar-refractivity contribution in [1.29, 1.82) is 0 Å². The molecule has 0 saturated carbocycles. The molecule has 0 aliphatic carbocycles. The van der Waals surface area contributed by atoms with Crippen LogP contribution in [-0.2, 0) is 12.6 Å². The summed E-state index contributed by atoms with van der Waals surface area (Å²) in [6.45, 7) is 0.573. The number of hydrogen-bond acceptors (Lipinski definition) is 1. The molecule has 0 unspecified atom stereocenters. The molecular weight excluding hydrogens is 359 g/mol. The van der Waals surface area contributed by atoms with Gasteiger partial charge in [0.15, 0.2) is 0 Å². The molecule has 1 aliphatic heterocycles. The lowest BCUT2D eigenvalue weighted by atomic mass is 9.94. The van der Waals surface area contributed by atoms with Crippen LogP contribution in [0.2, 0.25) is 0 Å². The van der Waals surface area contributed by atoms with E-state index in [4.69, 9.17) is 0 Å². The maximum Gasteiger partial charge on any atom is 0.416 e. The summed E-state index contributed by atoms with van der Waals surface area (Å²) in [4.78, 5) is 11.7. The van der Waals surface area contributed by atoms with Crippen molar-refractivity contribution < 1.29 is 18.0 Å². The highest BCUT2D eigenvalue weighted by Crippen LogP contribution is 2.36. The van der Waals surface area contributed by atoms with Crippen LogP contribution < -0.4 is 5.32 Å². The Bertz CT molecular complexity index is 756. The lowest BCUT2D eigenvalue weighted by Gasteiger charge is -2.18. The fourth-order valence-electron chi connectivity index (χ4n) is 2.52. The van der Waals surface area contributed by atoms with Gasteiger partial charge >= 0.3 is 6.18 Å². The van der Waals surface area contributed by atoms with E-state index >= 15 is 0 Å². The van der Waals surface area contributed by atoms with Crippen molar-refractivity contribution in [3.8, 4) is 11.1 Å². The molecule has 2 aromatic rings. The number of fused-ring (bicyclic) bond motifs is 1. The van der Waals surface area contributed by atoms with E-state index in [1.807, 2.05) is 6.07 Å². The number of hydrogen-bond donors (Lipinski definition) is 1. The maximum atomic E-state index is 12.7. The average molecular weight is 370 g/mol. The van der Waals surface area contributed by atoms with Gasteiger partial charge in [0, 0.05) is 16.6 Å². The number of carbonyl (C=O) groups excluding carboxylic acids is 1. The summed E-state index contributed by atoms with van der Waals surface area (Å²) >= 11 is 3.20. The van der Waals surface area contributed by atoms with Crippen molar-refractivity contribution in [2.45, 2.75) is 12.6 Å². The highest BCUT2D eigenvalue weighted by Gasteiger charge is 2.31. The smallest absolute Gasteiger partial charge is 0.352 e. The van der Waals surface area contributed by atoms with Crippen molar-refractivity contribution in [2.75, 3.05) is 6.54 Å². The molecule has 1 amide bonds. The first-order valence-corrected chi connectivity index (χ1v) is 7.44.